The predicted molar refractivity (Wildman–Crippen MR) is 56.7 cm³/mol. The Hall–Kier alpha value is -0.260. The maximum absolute atomic E-state index is 12.0. The minimum Gasteiger partial charge on any atom is -0.374 e. The van der Waals surface area contributed by atoms with Gasteiger partial charge >= 0.3 is 0 Å². The standard InChI is InChI=1S/C10H22F2N2O/c1-4-15-10(2,3)8(14-13)6-5-7-9(11)12/h8-9,14H,4-7,13H2,1-3H3. The van der Waals surface area contributed by atoms with E-state index in [0.29, 0.717) is 19.4 Å². The number of hydrazine groups is 1. The van der Waals surface area contributed by atoms with Crippen molar-refractivity contribution in [2.75, 3.05) is 6.61 Å². The molecule has 0 amide bonds. The first kappa shape index (κ1) is 14.7. The number of alkyl halides is 2. The molecule has 0 spiro atoms. The Kier molecular flexibility index (Phi) is 6.96. The summed E-state index contributed by atoms with van der Waals surface area (Å²) in [7, 11) is 0. The van der Waals surface area contributed by atoms with Crippen LogP contribution in [0.2, 0.25) is 0 Å². The molecule has 15 heavy (non-hydrogen) atoms. The van der Waals surface area contributed by atoms with Gasteiger partial charge in [0.1, 0.15) is 0 Å². The highest BCUT2D eigenvalue weighted by molar-refractivity contribution is 4.84. The second-order valence-corrected chi connectivity index (χ2v) is 4.08. The first-order chi connectivity index (χ1) is 6.94. The molecule has 0 aromatic rings. The Balaban J connectivity index is 4.00. The zero-order chi connectivity index (χ0) is 11.9. The maximum Gasteiger partial charge on any atom is 0.238 e. The second kappa shape index (κ2) is 7.09. The van der Waals surface area contributed by atoms with E-state index >= 15 is 0 Å². The predicted octanol–water partition coefficient (Wildman–Crippen LogP) is 2.07. The molecule has 0 aromatic carbocycles. The number of nitrogens with one attached hydrogen (secondary N) is 1. The fourth-order valence-corrected chi connectivity index (χ4v) is 1.58. The number of hydrogen-bond acceptors (Lipinski definition) is 3. The van der Waals surface area contributed by atoms with Crippen molar-refractivity contribution in [2.24, 2.45) is 5.84 Å². The van der Waals surface area contributed by atoms with Crippen LogP contribution < -0.4 is 11.3 Å². The third-order valence-corrected chi connectivity index (χ3v) is 2.47. The summed E-state index contributed by atoms with van der Waals surface area (Å²) in [6, 6.07) is -0.101. The molecule has 0 bridgehead atoms. The molecular formula is C10H22F2N2O. The lowest BCUT2D eigenvalue weighted by Crippen LogP contribution is -2.51. The van der Waals surface area contributed by atoms with Gasteiger partial charge in [-0.1, -0.05) is 0 Å². The molecule has 0 aromatic heterocycles. The molecule has 1 unspecified atom stereocenters. The molecule has 0 saturated carbocycles. The number of halogens is 2. The van der Waals surface area contributed by atoms with Crippen molar-refractivity contribution < 1.29 is 13.5 Å². The van der Waals surface area contributed by atoms with Gasteiger partial charge in [-0.3, -0.25) is 11.3 Å². The summed E-state index contributed by atoms with van der Waals surface area (Å²) in [5, 5.41) is 0. The normalized spacial score (nSPS) is 14.6. The van der Waals surface area contributed by atoms with Gasteiger partial charge in [0.25, 0.3) is 0 Å². The van der Waals surface area contributed by atoms with Crippen LogP contribution in [0.15, 0.2) is 0 Å². The average Bonchev–Trinajstić information content (AvgIpc) is 2.11. The molecule has 0 fully saturated rings. The number of hydrogen-bond donors (Lipinski definition) is 2. The minimum absolute atomic E-state index is 0.0830. The number of ether oxygens (including phenoxy) is 1. The SMILES string of the molecule is CCOC(C)(C)C(CCCC(F)F)NN. The topological polar surface area (TPSA) is 47.3 Å². The van der Waals surface area contributed by atoms with E-state index in [4.69, 9.17) is 10.6 Å². The molecule has 0 heterocycles. The zero-order valence-corrected chi connectivity index (χ0v) is 9.72. The third-order valence-electron chi connectivity index (χ3n) is 2.47. The van der Waals surface area contributed by atoms with Crippen LogP contribution in [0.1, 0.15) is 40.0 Å². The lowest BCUT2D eigenvalue weighted by atomic mass is 9.94. The van der Waals surface area contributed by atoms with Crippen molar-refractivity contribution in [2.45, 2.75) is 58.1 Å². The van der Waals surface area contributed by atoms with Crippen LogP contribution in [-0.4, -0.2) is 24.7 Å². The Morgan fingerprint density at radius 3 is 2.33 bits per heavy atom. The van der Waals surface area contributed by atoms with Gasteiger partial charge in [0.05, 0.1) is 5.60 Å². The van der Waals surface area contributed by atoms with Crippen LogP contribution >= 0.6 is 0 Å². The highest BCUT2D eigenvalue weighted by Gasteiger charge is 2.28. The highest BCUT2D eigenvalue weighted by Crippen LogP contribution is 2.20. The fourth-order valence-electron chi connectivity index (χ4n) is 1.58. The van der Waals surface area contributed by atoms with Gasteiger partial charge in [-0.25, -0.2) is 8.78 Å². The summed E-state index contributed by atoms with van der Waals surface area (Å²) in [6.07, 6.45) is -1.28. The van der Waals surface area contributed by atoms with E-state index in [-0.39, 0.29) is 12.5 Å². The molecule has 0 aliphatic carbocycles. The third kappa shape index (κ3) is 6.02. The summed E-state index contributed by atoms with van der Waals surface area (Å²) in [5.74, 6) is 5.39. The number of rotatable bonds is 8. The molecule has 0 aliphatic heterocycles. The minimum atomic E-state index is -2.24. The van der Waals surface area contributed by atoms with Crippen molar-refractivity contribution >= 4 is 0 Å². The molecule has 0 rings (SSSR count). The monoisotopic (exact) mass is 224 g/mol. The van der Waals surface area contributed by atoms with Crippen LogP contribution in [0.4, 0.5) is 8.78 Å². The van der Waals surface area contributed by atoms with Crippen LogP contribution in [0.5, 0.6) is 0 Å². The molecule has 0 radical (unpaired) electrons. The smallest absolute Gasteiger partial charge is 0.238 e. The first-order valence-corrected chi connectivity index (χ1v) is 5.32. The van der Waals surface area contributed by atoms with Crippen molar-refractivity contribution in [1.82, 2.24) is 5.43 Å². The van der Waals surface area contributed by atoms with E-state index in [2.05, 4.69) is 5.43 Å². The molecule has 92 valence electrons. The van der Waals surface area contributed by atoms with Crippen molar-refractivity contribution in [3.05, 3.63) is 0 Å². The zero-order valence-electron chi connectivity index (χ0n) is 9.72. The summed E-state index contributed by atoms with van der Waals surface area (Å²) < 4.78 is 29.4. The Morgan fingerprint density at radius 1 is 1.33 bits per heavy atom. The Morgan fingerprint density at radius 2 is 1.93 bits per heavy atom. The van der Waals surface area contributed by atoms with Crippen molar-refractivity contribution in [3.8, 4) is 0 Å². The highest BCUT2D eigenvalue weighted by atomic mass is 19.3. The van der Waals surface area contributed by atoms with Crippen LogP contribution in [0, 0.1) is 0 Å². The average molecular weight is 224 g/mol. The van der Waals surface area contributed by atoms with Gasteiger partial charge in [0.2, 0.25) is 6.43 Å². The lowest BCUT2D eigenvalue weighted by molar-refractivity contribution is -0.0414. The molecule has 3 N–H and O–H groups in total. The van der Waals surface area contributed by atoms with Crippen LogP contribution in [0.25, 0.3) is 0 Å². The summed E-state index contributed by atoms with van der Waals surface area (Å²) in [5.41, 5.74) is 2.21. The van der Waals surface area contributed by atoms with Crippen LogP contribution in [0.3, 0.4) is 0 Å². The van der Waals surface area contributed by atoms with E-state index in [1.54, 1.807) is 0 Å². The van der Waals surface area contributed by atoms with Gasteiger partial charge in [-0.2, -0.15) is 0 Å². The van der Waals surface area contributed by atoms with Gasteiger partial charge < -0.3 is 4.74 Å². The van der Waals surface area contributed by atoms with E-state index in [0.717, 1.165) is 0 Å². The first-order valence-electron chi connectivity index (χ1n) is 5.32. The van der Waals surface area contributed by atoms with Gasteiger partial charge in [-0.15, -0.1) is 0 Å². The van der Waals surface area contributed by atoms with Gasteiger partial charge in [0, 0.05) is 19.1 Å². The molecule has 3 nitrogen and oxygen atoms in total. The maximum atomic E-state index is 12.0. The Bertz CT molecular complexity index is 166. The largest absolute Gasteiger partial charge is 0.374 e. The summed E-state index contributed by atoms with van der Waals surface area (Å²) in [4.78, 5) is 0. The van der Waals surface area contributed by atoms with Crippen molar-refractivity contribution in [1.29, 1.82) is 0 Å². The van der Waals surface area contributed by atoms with E-state index in [9.17, 15) is 8.78 Å². The van der Waals surface area contributed by atoms with Gasteiger partial charge in [-0.05, 0) is 33.6 Å². The lowest BCUT2D eigenvalue weighted by Gasteiger charge is -2.33. The molecular weight excluding hydrogens is 202 g/mol. The van der Waals surface area contributed by atoms with E-state index in [1.165, 1.54) is 0 Å². The summed E-state index contributed by atoms with van der Waals surface area (Å²) >= 11 is 0. The fraction of sp³-hybridized carbons (Fsp3) is 1.00. The van der Waals surface area contributed by atoms with Gasteiger partial charge in [0.15, 0.2) is 0 Å². The second-order valence-electron chi connectivity index (χ2n) is 4.08. The molecule has 1 atom stereocenters. The molecule has 0 saturated heterocycles. The molecule has 5 heteroatoms. The Labute approximate surface area is 90.3 Å². The quantitative estimate of drug-likeness (QED) is 0.490. The summed E-state index contributed by atoms with van der Waals surface area (Å²) in [6.45, 7) is 6.29. The number of nitrogens with two attached hydrogens (primary N) is 1. The molecule has 0 aliphatic rings. The van der Waals surface area contributed by atoms with E-state index in [1.807, 2.05) is 20.8 Å². The van der Waals surface area contributed by atoms with E-state index < -0.39 is 12.0 Å². The van der Waals surface area contributed by atoms with Crippen LogP contribution in [-0.2, 0) is 4.74 Å². The van der Waals surface area contributed by atoms with Crippen molar-refractivity contribution in [3.63, 3.8) is 0 Å².